The van der Waals surface area contributed by atoms with E-state index in [1.165, 1.54) is 24.6 Å². The molecule has 3 heterocycles. The second-order valence-electron chi connectivity index (χ2n) is 7.22. The van der Waals surface area contributed by atoms with Gasteiger partial charge in [0.15, 0.2) is 5.69 Å². The van der Waals surface area contributed by atoms with Crippen molar-refractivity contribution in [3.63, 3.8) is 0 Å². The summed E-state index contributed by atoms with van der Waals surface area (Å²) in [5.74, 6) is 2.10. The highest BCUT2D eigenvalue weighted by atomic mass is 16.5. The Morgan fingerprint density at radius 3 is 2.89 bits per heavy atom. The summed E-state index contributed by atoms with van der Waals surface area (Å²) < 4.78 is 5.71. The molecular formula is C20H25N7O. The lowest BCUT2D eigenvalue weighted by atomic mass is 9.90. The van der Waals surface area contributed by atoms with Crippen LogP contribution in [0.25, 0.3) is 0 Å². The minimum Gasteiger partial charge on any atom is -0.496 e. The molecule has 4 rings (SSSR count). The molecule has 0 spiro atoms. The largest absolute Gasteiger partial charge is 0.496 e. The number of rotatable bonds is 5. The van der Waals surface area contributed by atoms with Crippen LogP contribution >= 0.6 is 0 Å². The van der Waals surface area contributed by atoms with E-state index in [9.17, 15) is 0 Å². The van der Waals surface area contributed by atoms with Crippen molar-refractivity contribution >= 4 is 5.82 Å². The average molecular weight is 379 g/mol. The minimum absolute atomic E-state index is 0.000775. The number of hydrazine groups is 1. The molecule has 28 heavy (non-hydrogen) atoms. The van der Waals surface area contributed by atoms with Crippen molar-refractivity contribution in [1.82, 2.24) is 26.1 Å². The van der Waals surface area contributed by atoms with Gasteiger partial charge in [-0.2, -0.15) is 5.26 Å². The fourth-order valence-electron chi connectivity index (χ4n) is 3.90. The molecule has 3 atom stereocenters. The van der Waals surface area contributed by atoms with Gasteiger partial charge >= 0.3 is 0 Å². The van der Waals surface area contributed by atoms with Crippen molar-refractivity contribution < 1.29 is 4.74 Å². The number of hydrogen-bond acceptors (Lipinski definition) is 8. The average Bonchev–Trinajstić information content (AvgIpc) is 3.22. The summed E-state index contributed by atoms with van der Waals surface area (Å²) in [7, 11) is 1.73. The normalized spacial score (nSPS) is 24.5. The number of nitrogens with one attached hydrogen (secondary N) is 4. The summed E-state index contributed by atoms with van der Waals surface area (Å²) in [5.41, 5.74) is 9.36. The van der Waals surface area contributed by atoms with Crippen molar-refractivity contribution in [3.8, 4) is 11.8 Å². The van der Waals surface area contributed by atoms with Gasteiger partial charge in [0, 0.05) is 18.5 Å². The Bertz CT molecular complexity index is 843. The summed E-state index contributed by atoms with van der Waals surface area (Å²) >= 11 is 0. The van der Waals surface area contributed by atoms with Crippen molar-refractivity contribution in [1.29, 1.82) is 5.26 Å². The van der Waals surface area contributed by atoms with E-state index in [1.54, 1.807) is 13.3 Å². The predicted molar refractivity (Wildman–Crippen MR) is 106 cm³/mol. The van der Waals surface area contributed by atoms with Crippen LogP contribution in [0.15, 0.2) is 30.6 Å². The Balaban J connectivity index is 1.43. The fourth-order valence-corrected chi connectivity index (χ4v) is 3.90. The minimum atomic E-state index is -0.000775. The van der Waals surface area contributed by atoms with Gasteiger partial charge < -0.3 is 15.4 Å². The molecule has 2 saturated heterocycles. The first-order valence-corrected chi connectivity index (χ1v) is 9.65. The third kappa shape index (κ3) is 4.07. The van der Waals surface area contributed by atoms with Crippen LogP contribution in [0.4, 0.5) is 5.82 Å². The molecule has 8 heteroatoms. The number of hydrogen-bond donors (Lipinski definition) is 4. The fraction of sp³-hybridized carbons (Fsp3) is 0.450. The lowest BCUT2D eigenvalue weighted by molar-refractivity contribution is 0.399. The molecule has 0 aliphatic carbocycles. The quantitative estimate of drug-likeness (QED) is 0.623. The van der Waals surface area contributed by atoms with Crippen molar-refractivity contribution in [2.45, 2.75) is 37.4 Å². The molecule has 2 aliphatic rings. The first-order valence-electron chi connectivity index (χ1n) is 9.65. The smallest absolute Gasteiger partial charge is 0.158 e. The van der Waals surface area contributed by atoms with Crippen LogP contribution in [0.2, 0.25) is 0 Å². The van der Waals surface area contributed by atoms with Crippen molar-refractivity contribution in [2.24, 2.45) is 0 Å². The van der Waals surface area contributed by atoms with Gasteiger partial charge in [0.2, 0.25) is 0 Å². The molecule has 2 aromatic rings. The van der Waals surface area contributed by atoms with Crippen LogP contribution in [-0.4, -0.2) is 36.3 Å². The highest BCUT2D eigenvalue weighted by Crippen LogP contribution is 2.34. The van der Waals surface area contributed by atoms with Gasteiger partial charge in [-0.25, -0.2) is 20.8 Å². The number of nitrogens with zero attached hydrogens (tertiary/aromatic N) is 3. The highest BCUT2D eigenvalue weighted by molar-refractivity contribution is 5.42. The van der Waals surface area contributed by atoms with Gasteiger partial charge in [-0.1, -0.05) is 12.1 Å². The molecule has 1 aromatic heterocycles. The zero-order valence-corrected chi connectivity index (χ0v) is 15.9. The number of methoxy groups -OCH3 is 1. The maximum absolute atomic E-state index is 8.81. The number of piperidine rings is 1. The maximum atomic E-state index is 8.81. The van der Waals surface area contributed by atoms with E-state index in [2.05, 4.69) is 49.7 Å². The Labute approximate surface area is 164 Å². The molecule has 1 aromatic carbocycles. The number of aromatic nitrogens is 2. The van der Waals surface area contributed by atoms with E-state index in [0.29, 0.717) is 17.4 Å². The summed E-state index contributed by atoms with van der Waals surface area (Å²) in [6.45, 7) is 2.14. The van der Waals surface area contributed by atoms with Gasteiger partial charge in [0.05, 0.1) is 31.7 Å². The van der Waals surface area contributed by atoms with Crippen LogP contribution < -0.4 is 26.2 Å². The molecule has 8 nitrogen and oxygen atoms in total. The maximum Gasteiger partial charge on any atom is 0.158 e. The molecule has 2 aliphatic heterocycles. The Morgan fingerprint density at radius 1 is 1.25 bits per heavy atom. The zero-order chi connectivity index (χ0) is 19.3. The van der Waals surface area contributed by atoms with Crippen LogP contribution in [0, 0.1) is 11.3 Å². The Hall–Kier alpha value is -2.73. The molecule has 4 N–H and O–H groups in total. The van der Waals surface area contributed by atoms with E-state index < -0.39 is 0 Å². The van der Waals surface area contributed by atoms with E-state index in [1.807, 2.05) is 6.07 Å². The second-order valence-corrected chi connectivity index (χ2v) is 7.22. The summed E-state index contributed by atoms with van der Waals surface area (Å²) in [6, 6.07) is 8.67. The van der Waals surface area contributed by atoms with Gasteiger partial charge in [-0.15, -0.1) is 0 Å². The first kappa shape index (κ1) is 18.6. The molecule has 0 saturated carbocycles. The third-order valence-electron chi connectivity index (χ3n) is 5.39. The van der Waals surface area contributed by atoms with Gasteiger partial charge in [0.1, 0.15) is 17.6 Å². The third-order valence-corrected chi connectivity index (χ3v) is 5.39. The molecule has 2 fully saturated rings. The Kier molecular flexibility index (Phi) is 5.67. The lowest BCUT2D eigenvalue weighted by Gasteiger charge is -2.24. The van der Waals surface area contributed by atoms with E-state index >= 15 is 0 Å². The standard InChI is InChI=1S/C20H25N7O/c1-28-18-7-13(14-3-2-6-22-10-14)4-5-16(18)17-8-19(27-26-17)25-20-12-23-15(9-21)11-24-20/h4-5,7,11-12,14,17,19,22,26-27H,2-3,6,8,10H2,1H3,(H,24,25). The number of nitriles is 1. The summed E-state index contributed by atoms with van der Waals surface area (Å²) in [5, 5.41) is 15.6. The van der Waals surface area contributed by atoms with Gasteiger partial charge in [-0.05, 0) is 36.9 Å². The Morgan fingerprint density at radius 2 is 2.18 bits per heavy atom. The van der Waals surface area contributed by atoms with Crippen molar-refractivity contribution in [3.05, 3.63) is 47.4 Å². The van der Waals surface area contributed by atoms with Crippen LogP contribution in [0.3, 0.4) is 0 Å². The van der Waals surface area contributed by atoms with Crippen molar-refractivity contribution in [2.75, 3.05) is 25.5 Å². The molecule has 3 unspecified atom stereocenters. The van der Waals surface area contributed by atoms with Crippen LogP contribution in [-0.2, 0) is 0 Å². The lowest BCUT2D eigenvalue weighted by Crippen LogP contribution is -2.36. The predicted octanol–water partition coefficient (Wildman–Crippen LogP) is 1.80. The van der Waals surface area contributed by atoms with E-state index in [0.717, 1.165) is 30.8 Å². The van der Waals surface area contributed by atoms with Crippen LogP contribution in [0.5, 0.6) is 5.75 Å². The highest BCUT2D eigenvalue weighted by Gasteiger charge is 2.28. The van der Waals surface area contributed by atoms with Crippen LogP contribution in [0.1, 0.15) is 48.0 Å². The molecule has 0 radical (unpaired) electrons. The first-order chi connectivity index (χ1) is 13.8. The summed E-state index contributed by atoms with van der Waals surface area (Å²) in [4.78, 5) is 8.25. The number of ether oxygens (including phenoxy) is 1. The molecular weight excluding hydrogens is 354 g/mol. The topological polar surface area (TPSA) is 107 Å². The molecule has 146 valence electrons. The second kappa shape index (κ2) is 8.52. The molecule has 0 bridgehead atoms. The van der Waals surface area contributed by atoms with E-state index in [-0.39, 0.29) is 12.2 Å². The number of benzene rings is 1. The summed E-state index contributed by atoms with van der Waals surface area (Å²) in [6.07, 6.45) is 6.29. The zero-order valence-electron chi connectivity index (χ0n) is 15.9. The monoisotopic (exact) mass is 379 g/mol. The van der Waals surface area contributed by atoms with Gasteiger partial charge in [-0.3, -0.25) is 0 Å². The van der Waals surface area contributed by atoms with Gasteiger partial charge in [0.25, 0.3) is 0 Å². The molecule has 0 amide bonds. The van der Waals surface area contributed by atoms with E-state index in [4.69, 9.17) is 10.00 Å². The SMILES string of the molecule is COc1cc(C2CCCNC2)ccc1C1CC(Nc2cnc(C#N)cn2)NN1. The number of anilines is 1.